The molecule has 1 aromatic heterocycles. The molecule has 0 radical (unpaired) electrons. The van der Waals surface area contributed by atoms with E-state index in [9.17, 15) is 0 Å². The molecule has 0 spiro atoms. The molecule has 1 fully saturated rings. The highest BCUT2D eigenvalue weighted by molar-refractivity contribution is 14.0. The Hall–Kier alpha value is -1.74. The van der Waals surface area contributed by atoms with Crippen LogP contribution in [0, 0.1) is 0 Å². The summed E-state index contributed by atoms with van der Waals surface area (Å²) < 4.78 is 11.4. The van der Waals surface area contributed by atoms with Crippen molar-refractivity contribution in [1.29, 1.82) is 0 Å². The molecule has 0 bridgehead atoms. The lowest BCUT2D eigenvalue weighted by Crippen LogP contribution is -2.38. The van der Waals surface area contributed by atoms with Gasteiger partial charge >= 0.3 is 0 Å². The Labute approximate surface area is 177 Å². The third-order valence-electron chi connectivity index (χ3n) is 5.17. The maximum absolute atomic E-state index is 6.21. The summed E-state index contributed by atoms with van der Waals surface area (Å²) in [5.41, 5.74) is 7.35. The van der Waals surface area contributed by atoms with Crippen LogP contribution in [0.5, 0.6) is 5.75 Å². The van der Waals surface area contributed by atoms with Crippen LogP contribution in [0.25, 0.3) is 0 Å². The average molecular weight is 482 g/mol. The van der Waals surface area contributed by atoms with E-state index in [1.54, 1.807) is 6.26 Å². The molecule has 1 saturated heterocycles. The summed E-state index contributed by atoms with van der Waals surface area (Å²) in [5, 5.41) is 3.36. The minimum Gasteiger partial charge on any atom is -0.493 e. The van der Waals surface area contributed by atoms with Crippen LogP contribution in [0.3, 0.4) is 0 Å². The van der Waals surface area contributed by atoms with Gasteiger partial charge in [-0.1, -0.05) is 18.2 Å². The van der Waals surface area contributed by atoms with Gasteiger partial charge in [0.15, 0.2) is 5.96 Å². The van der Waals surface area contributed by atoms with Gasteiger partial charge in [0.05, 0.1) is 31.5 Å². The van der Waals surface area contributed by atoms with Crippen LogP contribution < -0.4 is 15.8 Å². The van der Waals surface area contributed by atoms with Crippen LogP contribution in [0.15, 0.2) is 52.1 Å². The standard InChI is InChI=1S/C20H26N4O2.HI/c21-20(23-16-9-13-26-18-7-2-1-6-15(16)18)22-14-17(19-8-5-12-25-19)24-10-3-4-11-24;/h1-2,5-8,12,16-17H,3-4,9-11,13-14H2,(H3,21,22,23);1H. The predicted octanol–water partition coefficient (Wildman–Crippen LogP) is 3.46. The van der Waals surface area contributed by atoms with Crippen molar-refractivity contribution < 1.29 is 9.15 Å². The van der Waals surface area contributed by atoms with Crippen LogP contribution in [-0.4, -0.2) is 37.1 Å². The second-order valence-electron chi connectivity index (χ2n) is 6.87. The summed E-state index contributed by atoms with van der Waals surface area (Å²) in [4.78, 5) is 7.06. The predicted molar refractivity (Wildman–Crippen MR) is 117 cm³/mol. The molecular weight excluding hydrogens is 455 g/mol. The number of guanidine groups is 1. The number of fused-ring (bicyclic) bond motifs is 1. The van der Waals surface area contributed by atoms with Gasteiger partial charge in [-0.3, -0.25) is 9.89 Å². The normalized spacial score (nSPS) is 21.0. The Morgan fingerprint density at radius 3 is 2.81 bits per heavy atom. The maximum Gasteiger partial charge on any atom is 0.189 e. The fraction of sp³-hybridized carbons (Fsp3) is 0.450. The largest absolute Gasteiger partial charge is 0.493 e. The van der Waals surface area contributed by atoms with E-state index < -0.39 is 0 Å². The molecule has 2 aliphatic heterocycles. The number of ether oxygens (including phenoxy) is 1. The molecule has 0 amide bonds. The van der Waals surface area contributed by atoms with Crippen molar-refractivity contribution in [2.24, 2.45) is 10.7 Å². The van der Waals surface area contributed by atoms with Crippen LogP contribution in [-0.2, 0) is 0 Å². The SMILES string of the molecule is I.NC(=NCC(c1ccco1)N1CCCC1)NC1CCOc2ccccc21. The number of hydrogen-bond acceptors (Lipinski definition) is 4. The first-order valence-electron chi connectivity index (χ1n) is 9.37. The molecule has 2 aliphatic rings. The van der Waals surface area contributed by atoms with E-state index in [1.807, 2.05) is 30.3 Å². The Morgan fingerprint density at radius 2 is 2.04 bits per heavy atom. The number of hydrogen-bond donors (Lipinski definition) is 2. The number of nitrogens with two attached hydrogens (primary N) is 1. The molecule has 3 heterocycles. The quantitative estimate of drug-likeness (QED) is 0.388. The number of halogens is 1. The third kappa shape index (κ3) is 4.76. The van der Waals surface area contributed by atoms with Crippen LogP contribution in [0.2, 0.25) is 0 Å². The van der Waals surface area contributed by atoms with Gasteiger partial charge in [0.25, 0.3) is 0 Å². The van der Waals surface area contributed by atoms with Gasteiger partial charge in [0.1, 0.15) is 11.5 Å². The number of nitrogens with one attached hydrogen (secondary N) is 1. The molecule has 2 unspecified atom stereocenters. The van der Waals surface area contributed by atoms with E-state index in [1.165, 1.54) is 12.8 Å². The first-order valence-corrected chi connectivity index (χ1v) is 9.37. The second kappa shape index (κ2) is 9.45. The van der Waals surface area contributed by atoms with Crippen LogP contribution in [0.1, 0.15) is 42.7 Å². The highest BCUT2D eigenvalue weighted by Crippen LogP contribution is 2.31. The molecule has 146 valence electrons. The molecule has 7 heteroatoms. The second-order valence-corrected chi connectivity index (χ2v) is 6.87. The lowest BCUT2D eigenvalue weighted by molar-refractivity contribution is 0.221. The van der Waals surface area contributed by atoms with Crippen molar-refractivity contribution in [1.82, 2.24) is 10.2 Å². The number of aliphatic imine (C=N–C) groups is 1. The zero-order valence-corrected chi connectivity index (χ0v) is 17.7. The zero-order valence-electron chi connectivity index (χ0n) is 15.3. The van der Waals surface area contributed by atoms with Crippen LogP contribution >= 0.6 is 24.0 Å². The summed E-state index contributed by atoms with van der Waals surface area (Å²) in [6.07, 6.45) is 5.06. The monoisotopic (exact) mass is 482 g/mol. The zero-order chi connectivity index (χ0) is 17.8. The number of likely N-dealkylation sites (tertiary alicyclic amines) is 1. The fourth-order valence-corrected chi connectivity index (χ4v) is 3.82. The molecule has 27 heavy (non-hydrogen) atoms. The van der Waals surface area contributed by atoms with E-state index >= 15 is 0 Å². The Balaban J connectivity index is 0.00000210. The minimum absolute atomic E-state index is 0. The van der Waals surface area contributed by atoms with E-state index in [0.29, 0.717) is 19.1 Å². The number of furan rings is 1. The molecule has 1 aromatic carbocycles. The lowest BCUT2D eigenvalue weighted by atomic mass is 10.0. The van der Waals surface area contributed by atoms with Crippen molar-refractivity contribution in [3.05, 3.63) is 54.0 Å². The summed E-state index contributed by atoms with van der Waals surface area (Å²) in [5.74, 6) is 2.36. The minimum atomic E-state index is 0. The van der Waals surface area contributed by atoms with Gasteiger partial charge in [0, 0.05) is 12.0 Å². The Morgan fingerprint density at radius 1 is 1.22 bits per heavy atom. The Kier molecular flexibility index (Phi) is 7.01. The molecule has 3 N–H and O–H groups in total. The lowest BCUT2D eigenvalue weighted by Gasteiger charge is -2.27. The van der Waals surface area contributed by atoms with Crippen molar-refractivity contribution in [2.75, 3.05) is 26.2 Å². The van der Waals surface area contributed by atoms with Crippen molar-refractivity contribution in [3.8, 4) is 5.75 Å². The fourth-order valence-electron chi connectivity index (χ4n) is 3.82. The first-order chi connectivity index (χ1) is 12.8. The molecule has 0 saturated carbocycles. The number of rotatable bonds is 5. The van der Waals surface area contributed by atoms with Gasteiger partial charge < -0.3 is 20.2 Å². The topological polar surface area (TPSA) is 76.0 Å². The molecule has 2 atom stereocenters. The van der Waals surface area contributed by atoms with Crippen molar-refractivity contribution >= 4 is 29.9 Å². The third-order valence-corrected chi connectivity index (χ3v) is 5.17. The average Bonchev–Trinajstić information content (AvgIpc) is 3.37. The van der Waals surface area contributed by atoms with Gasteiger partial charge in [-0.05, 0) is 44.1 Å². The highest BCUT2D eigenvalue weighted by atomic mass is 127. The molecule has 6 nitrogen and oxygen atoms in total. The van der Waals surface area contributed by atoms with Crippen LogP contribution in [0.4, 0.5) is 0 Å². The molecular formula is C20H27IN4O2. The summed E-state index contributed by atoms with van der Waals surface area (Å²) in [6.45, 7) is 3.45. The maximum atomic E-state index is 6.21. The molecule has 2 aromatic rings. The highest BCUT2D eigenvalue weighted by Gasteiger charge is 2.26. The van der Waals surface area contributed by atoms with E-state index in [0.717, 1.165) is 36.6 Å². The first kappa shape index (κ1) is 20.0. The van der Waals surface area contributed by atoms with Gasteiger partial charge in [-0.15, -0.1) is 24.0 Å². The van der Waals surface area contributed by atoms with Gasteiger partial charge in [0.2, 0.25) is 0 Å². The van der Waals surface area contributed by atoms with E-state index in [4.69, 9.17) is 14.9 Å². The Bertz CT molecular complexity index is 744. The summed E-state index contributed by atoms with van der Waals surface area (Å²) in [6, 6.07) is 12.3. The van der Waals surface area contributed by atoms with E-state index in [-0.39, 0.29) is 36.1 Å². The summed E-state index contributed by atoms with van der Waals surface area (Å²) in [7, 11) is 0. The number of nitrogens with zero attached hydrogens (tertiary/aromatic N) is 2. The number of benzene rings is 1. The molecule has 4 rings (SSSR count). The van der Waals surface area contributed by atoms with Crippen molar-refractivity contribution in [3.63, 3.8) is 0 Å². The number of para-hydroxylation sites is 1. The summed E-state index contributed by atoms with van der Waals surface area (Å²) >= 11 is 0. The van der Waals surface area contributed by atoms with Gasteiger partial charge in [-0.2, -0.15) is 0 Å². The van der Waals surface area contributed by atoms with E-state index in [2.05, 4.69) is 21.3 Å². The molecule has 0 aliphatic carbocycles. The van der Waals surface area contributed by atoms with Crippen molar-refractivity contribution in [2.45, 2.75) is 31.3 Å². The smallest absolute Gasteiger partial charge is 0.189 e. The van der Waals surface area contributed by atoms with Gasteiger partial charge in [-0.25, -0.2) is 0 Å².